The number of rotatable bonds is 2. The molecule has 0 fully saturated rings. The summed E-state index contributed by atoms with van der Waals surface area (Å²) >= 11 is 4.79. The normalized spacial score (nSPS) is 10.8. The van der Waals surface area contributed by atoms with Gasteiger partial charge in [0.05, 0.1) is 0 Å². The molecule has 0 aliphatic rings. The van der Waals surface area contributed by atoms with E-state index in [-0.39, 0.29) is 4.99 Å². The fraction of sp³-hybridized carbons (Fsp3) is 0.364. The molecule has 0 aliphatic heterocycles. The SMILES string of the molecule is CC(C)(C)OC(=O)Nc1ccc(C(N)=S)cn1. The van der Waals surface area contributed by atoms with E-state index in [1.54, 1.807) is 32.9 Å². The lowest BCUT2D eigenvalue weighted by atomic mass is 10.2. The lowest BCUT2D eigenvalue weighted by Gasteiger charge is -2.19. The van der Waals surface area contributed by atoms with Crippen molar-refractivity contribution in [2.45, 2.75) is 26.4 Å². The third-order valence-electron chi connectivity index (χ3n) is 1.68. The minimum Gasteiger partial charge on any atom is -0.444 e. The maximum Gasteiger partial charge on any atom is 0.413 e. The van der Waals surface area contributed by atoms with Crippen LogP contribution in [0.5, 0.6) is 0 Å². The molecule has 0 unspecified atom stereocenters. The molecule has 17 heavy (non-hydrogen) atoms. The number of anilines is 1. The molecule has 3 N–H and O–H groups in total. The van der Waals surface area contributed by atoms with Gasteiger partial charge < -0.3 is 10.5 Å². The Labute approximate surface area is 105 Å². The molecule has 0 bridgehead atoms. The van der Waals surface area contributed by atoms with Gasteiger partial charge in [-0.2, -0.15) is 0 Å². The van der Waals surface area contributed by atoms with Gasteiger partial charge in [0.1, 0.15) is 16.4 Å². The van der Waals surface area contributed by atoms with Crippen LogP contribution >= 0.6 is 12.2 Å². The maximum absolute atomic E-state index is 11.4. The first-order valence-corrected chi connectivity index (χ1v) is 5.44. The van der Waals surface area contributed by atoms with E-state index in [9.17, 15) is 4.79 Å². The van der Waals surface area contributed by atoms with E-state index < -0.39 is 11.7 Å². The molecule has 1 amide bonds. The van der Waals surface area contributed by atoms with Gasteiger partial charge in [-0.1, -0.05) is 12.2 Å². The highest BCUT2D eigenvalue weighted by Gasteiger charge is 2.16. The average molecular weight is 253 g/mol. The van der Waals surface area contributed by atoms with Crippen LogP contribution in [0.25, 0.3) is 0 Å². The number of hydrogen-bond acceptors (Lipinski definition) is 4. The molecule has 0 atom stereocenters. The van der Waals surface area contributed by atoms with Crippen LogP contribution in [-0.4, -0.2) is 21.7 Å². The van der Waals surface area contributed by atoms with Gasteiger partial charge in [0.2, 0.25) is 0 Å². The second-order valence-electron chi connectivity index (χ2n) is 4.42. The van der Waals surface area contributed by atoms with Gasteiger partial charge in [-0.25, -0.2) is 9.78 Å². The number of pyridine rings is 1. The summed E-state index contributed by atoms with van der Waals surface area (Å²) in [5.74, 6) is 0.388. The predicted molar refractivity (Wildman–Crippen MR) is 70.0 cm³/mol. The molecule has 1 aromatic rings. The molecule has 6 heteroatoms. The van der Waals surface area contributed by atoms with E-state index in [1.165, 1.54) is 6.20 Å². The molecule has 0 spiro atoms. The molecule has 0 saturated carbocycles. The summed E-state index contributed by atoms with van der Waals surface area (Å²) < 4.78 is 5.08. The number of carbonyl (C=O) groups is 1. The van der Waals surface area contributed by atoms with Crippen molar-refractivity contribution in [3.8, 4) is 0 Å². The summed E-state index contributed by atoms with van der Waals surface area (Å²) in [5.41, 5.74) is 5.54. The third kappa shape index (κ3) is 4.78. The molecule has 92 valence electrons. The van der Waals surface area contributed by atoms with E-state index in [1.807, 2.05) is 0 Å². The van der Waals surface area contributed by atoms with Crippen molar-refractivity contribution in [2.24, 2.45) is 5.73 Å². The van der Waals surface area contributed by atoms with Crippen molar-refractivity contribution >= 4 is 29.1 Å². The van der Waals surface area contributed by atoms with Crippen molar-refractivity contribution in [1.82, 2.24) is 4.98 Å². The number of nitrogens with two attached hydrogens (primary N) is 1. The summed E-state index contributed by atoms with van der Waals surface area (Å²) in [6, 6.07) is 3.29. The summed E-state index contributed by atoms with van der Waals surface area (Å²) in [4.78, 5) is 15.7. The van der Waals surface area contributed by atoms with Crippen molar-refractivity contribution < 1.29 is 9.53 Å². The standard InChI is InChI=1S/C11H15N3O2S/c1-11(2,3)16-10(15)14-8-5-4-7(6-13-8)9(12)17/h4-6H,1-3H3,(H2,12,17)(H,13,14,15). The number of ether oxygens (including phenoxy) is 1. The maximum atomic E-state index is 11.4. The number of carbonyl (C=O) groups excluding carboxylic acids is 1. The highest BCUT2D eigenvalue weighted by Crippen LogP contribution is 2.10. The zero-order valence-corrected chi connectivity index (χ0v) is 10.8. The monoisotopic (exact) mass is 253 g/mol. The minimum absolute atomic E-state index is 0.265. The van der Waals surface area contributed by atoms with E-state index in [2.05, 4.69) is 10.3 Å². The smallest absolute Gasteiger partial charge is 0.413 e. The van der Waals surface area contributed by atoms with Crippen LogP contribution in [0.2, 0.25) is 0 Å². The quantitative estimate of drug-likeness (QED) is 0.789. The summed E-state index contributed by atoms with van der Waals surface area (Å²) in [6.07, 6.45) is 0.947. The van der Waals surface area contributed by atoms with Gasteiger partial charge >= 0.3 is 6.09 Å². The van der Waals surface area contributed by atoms with Gasteiger partial charge in [0, 0.05) is 11.8 Å². The fourth-order valence-corrected chi connectivity index (χ4v) is 1.14. The van der Waals surface area contributed by atoms with Crippen LogP contribution < -0.4 is 11.1 Å². The lowest BCUT2D eigenvalue weighted by molar-refractivity contribution is 0.0635. The Bertz CT molecular complexity index is 423. The van der Waals surface area contributed by atoms with E-state index in [0.717, 1.165) is 0 Å². The van der Waals surface area contributed by atoms with Crippen LogP contribution in [-0.2, 0) is 4.74 Å². The number of nitrogens with one attached hydrogen (secondary N) is 1. The second-order valence-corrected chi connectivity index (χ2v) is 4.86. The summed E-state index contributed by atoms with van der Waals surface area (Å²) in [5, 5.41) is 2.51. The molecule has 5 nitrogen and oxygen atoms in total. The molecule has 1 aromatic heterocycles. The van der Waals surface area contributed by atoms with Gasteiger partial charge in [-0.15, -0.1) is 0 Å². The Morgan fingerprint density at radius 3 is 2.53 bits per heavy atom. The van der Waals surface area contributed by atoms with Crippen LogP contribution in [0.4, 0.5) is 10.6 Å². The highest BCUT2D eigenvalue weighted by atomic mass is 32.1. The number of nitrogens with zero attached hydrogens (tertiary/aromatic N) is 1. The minimum atomic E-state index is -0.548. The third-order valence-corrected chi connectivity index (χ3v) is 1.91. The van der Waals surface area contributed by atoms with E-state index in [4.69, 9.17) is 22.7 Å². The molecule has 0 saturated heterocycles. The Morgan fingerprint density at radius 1 is 1.47 bits per heavy atom. The molecule has 0 aromatic carbocycles. The van der Waals surface area contributed by atoms with Crippen molar-refractivity contribution in [2.75, 3.05) is 5.32 Å². The highest BCUT2D eigenvalue weighted by molar-refractivity contribution is 7.80. The van der Waals surface area contributed by atoms with Gasteiger partial charge in [0.15, 0.2) is 0 Å². The number of hydrogen-bond donors (Lipinski definition) is 2. The second kappa shape index (κ2) is 5.09. The van der Waals surface area contributed by atoms with E-state index >= 15 is 0 Å². The Morgan fingerprint density at radius 2 is 2.12 bits per heavy atom. The Balaban J connectivity index is 2.64. The molecular weight excluding hydrogens is 238 g/mol. The van der Waals surface area contributed by atoms with Gasteiger partial charge in [0.25, 0.3) is 0 Å². The first-order valence-electron chi connectivity index (χ1n) is 5.04. The fourth-order valence-electron chi connectivity index (χ4n) is 1.02. The summed E-state index contributed by atoms with van der Waals surface area (Å²) in [6.45, 7) is 5.36. The molecule has 1 heterocycles. The lowest BCUT2D eigenvalue weighted by Crippen LogP contribution is -2.27. The van der Waals surface area contributed by atoms with Crippen molar-refractivity contribution in [3.05, 3.63) is 23.9 Å². The van der Waals surface area contributed by atoms with Crippen LogP contribution in [0.1, 0.15) is 26.3 Å². The average Bonchev–Trinajstić information content (AvgIpc) is 2.15. The topological polar surface area (TPSA) is 77.2 Å². The van der Waals surface area contributed by atoms with Crippen LogP contribution in [0.15, 0.2) is 18.3 Å². The summed E-state index contributed by atoms with van der Waals surface area (Å²) in [7, 11) is 0. The molecular formula is C11H15N3O2S. The molecule has 0 radical (unpaired) electrons. The van der Waals surface area contributed by atoms with Crippen molar-refractivity contribution in [1.29, 1.82) is 0 Å². The van der Waals surface area contributed by atoms with Crippen LogP contribution in [0.3, 0.4) is 0 Å². The molecule has 0 aliphatic carbocycles. The van der Waals surface area contributed by atoms with E-state index in [0.29, 0.717) is 11.4 Å². The van der Waals surface area contributed by atoms with Gasteiger partial charge in [-0.05, 0) is 32.9 Å². The van der Waals surface area contributed by atoms with Gasteiger partial charge in [-0.3, -0.25) is 5.32 Å². The zero-order valence-electron chi connectivity index (χ0n) is 9.98. The first kappa shape index (κ1) is 13.4. The first-order chi connectivity index (χ1) is 7.78. The largest absolute Gasteiger partial charge is 0.444 e. The number of thiocarbonyl (C=S) groups is 1. The van der Waals surface area contributed by atoms with Crippen molar-refractivity contribution in [3.63, 3.8) is 0 Å². The Hall–Kier alpha value is -1.69. The Kier molecular flexibility index (Phi) is 4.01. The van der Waals surface area contributed by atoms with Crippen LogP contribution in [0, 0.1) is 0 Å². The number of aromatic nitrogens is 1. The molecule has 1 rings (SSSR count). The number of amides is 1. The predicted octanol–water partition coefficient (Wildman–Crippen LogP) is 2.06. The zero-order chi connectivity index (χ0) is 13.1.